The van der Waals surface area contributed by atoms with Crippen molar-refractivity contribution in [2.45, 2.75) is 18.9 Å². The summed E-state index contributed by atoms with van der Waals surface area (Å²) in [5.41, 5.74) is 0.618. The Morgan fingerprint density at radius 2 is 2.33 bits per heavy atom. The van der Waals surface area contributed by atoms with E-state index in [9.17, 15) is 9.59 Å². The third-order valence-corrected chi connectivity index (χ3v) is 4.49. The number of imidazole rings is 1. The Balaban J connectivity index is 1.82. The predicted molar refractivity (Wildman–Crippen MR) is 79.5 cm³/mol. The fourth-order valence-electron chi connectivity index (χ4n) is 2.46. The van der Waals surface area contributed by atoms with Crippen molar-refractivity contribution in [2.75, 3.05) is 6.54 Å². The minimum atomic E-state index is -0.961. The molecule has 0 saturated carbocycles. The molecule has 1 amide bonds. The van der Waals surface area contributed by atoms with Crippen molar-refractivity contribution in [3.63, 3.8) is 0 Å². The molecule has 1 atom stereocenters. The molecular formula is C13H12ClN3O3S. The molecule has 0 aromatic carbocycles. The Kier molecular flexibility index (Phi) is 3.69. The summed E-state index contributed by atoms with van der Waals surface area (Å²) in [5, 5.41) is 11.3. The zero-order valence-electron chi connectivity index (χ0n) is 10.9. The van der Waals surface area contributed by atoms with Gasteiger partial charge in [0.2, 0.25) is 5.91 Å². The van der Waals surface area contributed by atoms with Crippen molar-refractivity contribution < 1.29 is 14.7 Å². The number of nitrogens with zero attached hydrogens (tertiary/aromatic N) is 3. The molecule has 1 aliphatic rings. The van der Waals surface area contributed by atoms with Crippen LogP contribution in [0.1, 0.15) is 18.5 Å². The second-order valence-electron chi connectivity index (χ2n) is 4.70. The van der Waals surface area contributed by atoms with Gasteiger partial charge in [0.05, 0.1) is 5.69 Å². The molecule has 110 valence electrons. The topological polar surface area (TPSA) is 74.9 Å². The van der Waals surface area contributed by atoms with Gasteiger partial charge in [-0.1, -0.05) is 11.6 Å². The van der Waals surface area contributed by atoms with E-state index in [2.05, 4.69) is 4.98 Å². The molecule has 6 nitrogen and oxygen atoms in total. The van der Waals surface area contributed by atoms with Crippen LogP contribution in [0.15, 0.2) is 17.7 Å². The van der Waals surface area contributed by atoms with Gasteiger partial charge in [0, 0.05) is 24.2 Å². The molecule has 1 fully saturated rings. The van der Waals surface area contributed by atoms with E-state index in [1.54, 1.807) is 10.5 Å². The van der Waals surface area contributed by atoms with Crippen LogP contribution in [-0.2, 0) is 9.59 Å². The largest absolute Gasteiger partial charge is 0.480 e. The van der Waals surface area contributed by atoms with Crippen LogP contribution in [0.5, 0.6) is 0 Å². The summed E-state index contributed by atoms with van der Waals surface area (Å²) in [6, 6.07) is -0.732. The second-order valence-corrected chi connectivity index (χ2v) is 5.94. The molecule has 0 aliphatic carbocycles. The highest BCUT2D eigenvalue weighted by atomic mass is 35.5. The first-order valence-electron chi connectivity index (χ1n) is 6.40. The van der Waals surface area contributed by atoms with Gasteiger partial charge >= 0.3 is 5.97 Å². The molecule has 1 aliphatic heterocycles. The van der Waals surface area contributed by atoms with Gasteiger partial charge in [-0.25, -0.2) is 9.78 Å². The number of aromatic nitrogens is 2. The molecule has 1 saturated heterocycles. The first kappa shape index (κ1) is 14.1. The number of likely N-dealkylation sites (tertiary alicyclic amines) is 1. The number of hydrogen-bond acceptors (Lipinski definition) is 4. The van der Waals surface area contributed by atoms with Gasteiger partial charge in [0.15, 0.2) is 10.1 Å². The van der Waals surface area contributed by atoms with E-state index in [1.165, 1.54) is 22.3 Å². The fraction of sp³-hybridized carbons (Fsp3) is 0.308. The Hall–Kier alpha value is -1.86. The molecule has 0 spiro atoms. The van der Waals surface area contributed by atoms with E-state index in [0.717, 1.165) is 4.96 Å². The fourth-order valence-corrected chi connectivity index (χ4v) is 3.46. The zero-order valence-corrected chi connectivity index (χ0v) is 12.5. The first-order valence-corrected chi connectivity index (χ1v) is 7.66. The summed E-state index contributed by atoms with van der Waals surface area (Å²) < 4.78 is 1.79. The van der Waals surface area contributed by atoms with E-state index >= 15 is 0 Å². The summed E-state index contributed by atoms with van der Waals surface area (Å²) in [4.78, 5) is 29.5. The predicted octanol–water partition coefficient (Wildman–Crippen LogP) is 2.14. The van der Waals surface area contributed by atoms with Crippen molar-refractivity contribution in [1.29, 1.82) is 0 Å². The Morgan fingerprint density at radius 3 is 3.10 bits per heavy atom. The molecule has 0 bridgehead atoms. The van der Waals surface area contributed by atoms with Crippen LogP contribution in [0.2, 0.25) is 5.15 Å². The van der Waals surface area contributed by atoms with Gasteiger partial charge in [-0.05, 0) is 18.9 Å². The van der Waals surface area contributed by atoms with Crippen molar-refractivity contribution in [3.8, 4) is 0 Å². The van der Waals surface area contributed by atoms with Gasteiger partial charge in [-0.3, -0.25) is 9.20 Å². The lowest BCUT2D eigenvalue weighted by atomic mass is 10.2. The molecule has 0 radical (unpaired) electrons. The van der Waals surface area contributed by atoms with Crippen LogP contribution >= 0.6 is 22.9 Å². The minimum Gasteiger partial charge on any atom is -0.480 e. The van der Waals surface area contributed by atoms with E-state index in [4.69, 9.17) is 16.7 Å². The molecular weight excluding hydrogens is 314 g/mol. The molecule has 1 N–H and O–H groups in total. The summed E-state index contributed by atoms with van der Waals surface area (Å²) in [6.07, 6.45) is 5.96. The van der Waals surface area contributed by atoms with Crippen LogP contribution in [0.25, 0.3) is 11.0 Å². The normalized spacial score (nSPS) is 18.9. The standard InChI is InChI=1S/C13H12ClN3O3S/c14-11-8(17-6-7-21-13(17)15-11)3-4-10(18)16-5-1-2-9(16)12(19)20/h3-4,6-7,9H,1-2,5H2,(H,19,20)/t9-/m1/s1. The highest BCUT2D eigenvalue weighted by molar-refractivity contribution is 7.15. The van der Waals surface area contributed by atoms with Crippen LogP contribution in [0.4, 0.5) is 0 Å². The maximum atomic E-state index is 12.1. The van der Waals surface area contributed by atoms with Gasteiger partial charge in [0.1, 0.15) is 6.04 Å². The Labute approximate surface area is 129 Å². The van der Waals surface area contributed by atoms with Gasteiger partial charge < -0.3 is 10.0 Å². The zero-order chi connectivity index (χ0) is 15.0. The number of carboxylic acids is 1. The molecule has 3 rings (SSSR count). The maximum Gasteiger partial charge on any atom is 0.326 e. The third-order valence-electron chi connectivity index (χ3n) is 3.46. The average Bonchev–Trinajstić information content (AvgIpc) is 3.11. The van der Waals surface area contributed by atoms with E-state index < -0.39 is 12.0 Å². The van der Waals surface area contributed by atoms with Crippen molar-refractivity contribution in [3.05, 3.63) is 28.5 Å². The van der Waals surface area contributed by atoms with E-state index in [0.29, 0.717) is 30.2 Å². The maximum absolute atomic E-state index is 12.1. The third kappa shape index (κ3) is 2.54. The number of aliphatic carboxylic acids is 1. The molecule has 0 unspecified atom stereocenters. The van der Waals surface area contributed by atoms with Crippen LogP contribution in [0.3, 0.4) is 0 Å². The van der Waals surface area contributed by atoms with E-state index in [-0.39, 0.29) is 5.91 Å². The summed E-state index contributed by atoms with van der Waals surface area (Å²) in [7, 11) is 0. The van der Waals surface area contributed by atoms with E-state index in [1.807, 2.05) is 11.6 Å². The average molecular weight is 326 g/mol. The highest BCUT2D eigenvalue weighted by Gasteiger charge is 2.32. The van der Waals surface area contributed by atoms with Crippen molar-refractivity contribution >= 4 is 45.9 Å². The number of amides is 1. The lowest BCUT2D eigenvalue weighted by molar-refractivity contribution is -0.146. The number of carbonyl (C=O) groups is 2. The molecule has 2 aromatic heterocycles. The SMILES string of the molecule is O=C(O)[C@H]1CCCN1C(=O)C=Cc1c(Cl)nc2sccn12. The number of hydrogen-bond donors (Lipinski definition) is 1. The summed E-state index contributed by atoms with van der Waals surface area (Å²) in [5.74, 6) is -1.28. The lowest BCUT2D eigenvalue weighted by Gasteiger charge is -2.19. The number of carboxylic acid groups (broad SMARTS) is 1. The van der Waals surface area contributed by atoms with Gasteiger partial charge in [-0.15, -0.1) is 11.3 Å². The smallest absolute Gasteiger partial charge is 0.326 e. The number of fused-ring (bicyclic) bond motifs is 1. The molecule has 2 aromatic rings. The summed E-state index contributed by atoms with van der Waals surface area (Å²) >= 11 is 7.48. The number of carbonyl (C=O) groups excluding carboxylic acids is 1. The van der Waals surface area contributed by atoms with Crippen LogP contribution < -0.4 is 0 Å². The monoisotopic (exact) mass is 325 g/mol. The van der Waals surface area contributed by atoms with Crippen LogP contribution in [0, 0.1) is 0 Å². The van der Waals surface area contributed by atoms with Crippen LogP contribution in [-0.4, -0.2) is 43.9 Å². The Bertz CT molecular complexity index is 736. The summed E-state index contributed by atoms with van der Waals surface area (Å²) in [6.45, 7) is 0.466. The minimum absolute atomic E-state index is 0.318. The second kappa shape index (κ2) is 5.50. The number of halogens is 1. The first-order chi connectivity index (χ1) is 10.1. The lowest BCUT2D eigenvalue weighted by Crippen LogP contribution is -2.39. The molecule has 21 heavy (non-hydrogen) atoms. The highest BCUT2D eigenvalue weighted by Crippen LogP contribution is 2.23. The van der Waals surface area contributed by atoms with Crippen molar-refractivity contribution in [1.82, 2.24) is 14.3 Å². The molecule has 8 heteroatoms. The number of thiazole rings is 1. The van der Waals surface area contributed by atoms with Crippen molar-refractivity contribution in [2.24, 2.45) is 0 Å². The van der Waals surface area contributed by atoms with Gasteiger partial charge in [0.25, 0.3) is 0 Å². The quantitative estimate of drug-likeness (QED) is 0.877. The Morgan fingerprint density at radius 1 is 1.52 bits per heavy atom. The van der Waals surface area contributed by atoms with Gasteiger partial charge in [-0.2, -0.15) is 0 Å². The molecule has 3 heterocycles. The number of rotatable bonds is 3.